The van der Waals surface area contributed by atoms with E-state index in [0.29, 0.717) is 10.9 Å². The number of halogens is 1. The van der Waals surface area contributed by atoms with Crippen LogP contribution >= 0.6 is 11.6 Å². The highest BCUT2D eigenvalue weighted by molar-refractivity contribution is 6.31. The average Bonchev–Trinajstić information content (AvgIpc) is 2.83. The molecule has 3 heterocycles. The molecule has 0 aliphatic carbocycles. The first-order valence-corrected chi connectivity index (χ1v) is 7.13. The van der Waals surface area contributed by atoms with Crippen molar-refractivity contribution < 1.29 is 0 Å². The lowest BCUT2D eigenvalue weighted by Gasteiger charge is -2.38. The maximum atomic E-state index is 5.95. The minimum absolute atomic E-state index is 0.359. The van der Waals surface area contributed by atoms with Crippen LogP contribution < -0.4 is 4.90 Å². The summed E-state index contributed by atoms with van der Waals surface area (Å²) in [5.74, 6) is 2.97. The van der Waals surface area contributed by atoms with Crippen LogP contribution in [0.4, 0.5) is 5.82 Å². The van der Waals surface area contributed by atoms with Gasteiger partial charge < -0.3 is 4.90 Å². The minimum Gasteiger partial charge on any atom is -0.354 e. The van der Waals surface area contributed by atoms with E-state index in [0.717, 1.165) is 41.6 Å². The molecule has 0 spiro atoms. The molecule has 0 radical (unpaired) electrons. The molecule has 3 aromatic rings. The molecule has 0 saturated carbocycles. The third-order valence-electron chi connectivity index (χ3n) is 3.68. The molecule has 2 aromatic heterocycles. The number of aryl methyl sites for hydroxylation is 1. The molecule has 7 heteroatoms. The molecule has 0 amide bonds. The van der Waals surface area contributed by atoms with Crippen LogP contribution in [0, 0.1) is 6.92 Å². The largest absolute Gasteiger partial charge is 0.354 e. The third kappa shape index (κ3) is 2.21. The molecule has 1 aliphatic heterocycles. The van der Waals surface area contributed by atoms with E-state index in [1.165, 1.54) is 0 Å². The first-order valence-electron chi connectivity index (χ1n) is 6.75. The summed E-state index contributed by atoms with van der Waals surface area (Å²) < 4.78 is 0. The highest BCUT2D eigenvalue weighted by Gasteiger charge is 2.32. The Morgan fingerprint density at radius 1 is 1.24 bits per heavy atom. The predicted molar refractivity (Wildman–Crippen MR) is 80.6 cm³/mol. The number of fused-ring (bicyclic) bond motifs is 1. The lowest BCUT2D eigenvalue weighted by Crippen LogP contribution is -2.46. The summed E-state index contributed by atoms with van der Waals surface area (Å²) in [6.45, 7) is 3.64. The van der Waals surface area contributed by atoms with Crippen LogP contribution in [-0.2, 0) is 0 Å². The number of anilines is 1. The fourth-order valence-corrected chi connectivity index (χ4v) is 2.66. The molecule has 0 bridgehead atoms. The Morgan fingerprint density at radius 3 is 2.86 bits per heavy atom. The fraction of sp³-hybridized carbons (Fsp3) is 0.286. The summed E-state index contributed by atoms with van der Waals surface area (Å²) in [5.41, 5.74) is 1.67. The van der Waals surface area contributed by atoms with E-state index in [1.54, 1.807) is 6.20 Å². The summed E-state index contributed by atoms with van der Waals surface area (Å²) in [7, 11) is 0. The van der Waals surface area contributed by atoms with Crippen molar-refractivity contribution in [1.82, 2.24) is 25.1 Å². The van der Waals surface area contributed by atoms with Crippen molar-refractivity contribution in [3.8, 4) is 0 Å². The Kier molecular flexibility index (Phi) is 2.78. The molecule has 1 N–H and O–H groups in total. The second-order valence-electron chi connectivity index (χ2n) is 5.24. The molecule has 0 atom stereocenters. The quantitative estimate of drug-likeness (QED) is 0.786. The van der Waals surface area contributed by atoms with Crippen LogP contribution in [0.15, 0.2) is 24.4 Å². The summed E-state index contributed by atoms with van der Waals surface area (Å²) >= 11 is 5.95. The van der Waals surface area contributed by atoms with Crippen molar-refractivity contribution in [2.45, 2.75) is 12.8 Å². The Hall–Kier alpha value is -2.21. The summed E-state index contributed by atoms with van der Waals surface area (Å²) in [4.78, 5) is 15.6. The van der Waals surface area contributed by atoms with E-state index >= 15 is 0 Å². The fourth-order valence-electron chi connectivity index (χ4n) is 2.50. The number of nitrogens with one attached hydrogen (secondary N) is 1. The van der Waals surface area contributed by atoms with E-state index in [1.807, 2.05) is 25.1 Å². The van der Waals surface area contributed by atoms with Crippen LogP contribution in [-0.4, -0.2) is 38.2 Å². The van der Waals surface area contributed by atoms with Gasteiger partial charge >= 0.3 is 0 Å². The second-order valence-corrected chi connectivity index (χ2v) is 5.68. The Balaban J connectivity index is 1.54. The van der Waals surface area contributed by atoms with E-state index in [4.69, 9.17) is 11.6 Å². The maximum Gasteiger partial charge on any atom is 0.157 e. The van der Waals surface area contributed by atoms with Gasteiger partial charge in [-0.05, 0) is 25.1 Å². The van der Waals surface area contributed by atoms with Crippen LogP contribution in [0.25, 0.3) is 11.0 Å². The zero-order valence-electron chi connectivity index (χ0n) is 11.4. The van der Waals surface area contributed by atoms with Crippen molar-refractivity contribution >= 4 is 28.5 Å². The number of aromatic nitrogens is 5. The second kappa shape index (κ2) is 4.66. The smallest absolute Gasteiger partial charge is 0.157 e. The molecular formula is C14H13ClN6. The van der Waals surface area contributed by atoms with Gasteiger partial charge in [-0.1, -0.05) is 11.6 Å². The van der Waals surface area contributed by atoms with Crippen LogP contribution in [0.5, 0.6) is 0 Å². The van der Waals surface area contributed by atoms with Crippen LogP contribution in [0.3, 0.4) is 0 Å². The number of rotatable bonds is 2. The highest BCUT2D eigenvalue weighted by Crippen LogP contribution is 2.29. The summed E-state index contributed by atoms with van der Waals surface area (Å²) in [6.07, 6.45) is 1.79. The third-order valence-corrected chi connectivity index (χ3v) is 3.91. The van der Waals surface area contributed by atoms with Crippen molar-refractivity contribution in [3.05, 3.63) is 41.1 Å². The minimum atomic E-state index is 0.359. The maximum absolute atomic E-state index is 5.95. The number of hydrogen-bond donors (Lipinski definition) is 1. The molecule has 1 aliphatic rings. The van der Waals surface area contributed by atoms with E-state index in [9.17, 15) is 0 Å². The summed E-state index contributed by atoms with van der Waals surface area (Å²) in [5, 5.41) is 7.77. The molecule has 1 fully saturated rings. The molecule has 1 saturated heterocycles. The van der Waals surface area contributed by atoms with Gasteiger partial charge in [-0.25, -0.2) is 9.97 Å². The van der Waals surface area contributed by atoms with Gasteiger partial charge in [0.05, 0.1) is 23.1 Å². The van der Waals surface area contributed by atoms with Gasteiger partial charge in [0.15, 0.2) is 5.82 Å². The Bertz CT molecular complexity index is 808. The van der Waals surface area contributed by atoms with Crippen molar-refractivity contribution in [2.75, 3.05) is 18.0 Å². The number of H-pyrrole nitrogens is 1. The van der Waals surface area contributed by atoms with Gasteiger partial charge in [-0.3, -0.25) is 10.1 Å². The number of aromatic amines is 1. The first kappa shape index (κ1) is 12.5. The molecule has 1 aromatic carbocycles. The van der Waals surface area contributed by atoms with Gasteiger partial charge in [-0.15, -0.1) is 0 Å². The average molecular weight is 301 g/mol. The molecule has 0 unspecified atom stereocenters. The molecule has 6 nitrogen and oxygen atoms in total. The monoisotopic (exact) mass is 300 g/mol. The number of benzene rings is 1. The number of hydrogen-bond acceptors (Lipinski definition) is 5. The van der Waals surface area contributed by atoms with Crippen molar-refractivity contribution in [3.63, 3.8) is 0 Å². The van der Waals surface area contributed by atoms with Gasteiger partial charge in [0.1, 0.15) is 11.6 Å². The lowest BCUT2D eigenvalue weighted by atomic mass is 10.00. The molecule has 21 heavy (non-hydrogen) atoms. The van der Waals surface area contributed by atoms with Gasteiger partial charge in [0.2, 0.25) is 0 Å². The normalized spacial score (nSPS) is 15.4. The number of nitrogens with zero attached hydrogens (tertiary/aromatic N) is 5. The van der Waals surface area contributed by atoms with Crippen LogP contribution in [0.1, 0.15) is 17.6 Å². The first-order chi connectivity index (χ1) is 10.2. The Morgan fingerprint density at radius 2 is 2.10 bits per heavy atom. The standard InChI is InChI=1S/C14H13ClN6/c1-8-17-14(20-19-8)9-6-21(7-9)13-5-16-12-4-10(15)2-3-11(12)18-13/h2-5,9H,6-7H2,1H3,(H,17,19,20). The van der Waals surface area contributed by atoms with E-state index in [2.05, 4.69) is 30.0 Å². The summed E-state index contributed by atoms with van der Waals surface area (Å²) in [6, 6.07) is 5.55. The highest BCUT2D eigenvalue weighted by atomic mass is 35.5. The van der Waals surface area contributed by atoms with E-state index < -0.39 is 0 Å². The molecule has 4 rings (SSSR count). The SMILES string of the molecule is Cc1nc(C2CN(c3cnc4cc(Cl)ccc4n3)C2)n[nH]1. The Labute approximate surface area is 126 Å². The van der Waals surface area contributed by atoms with Crippen molar-refractivity contribution in [1.29, 1.82) is 0 Å². The van der Waals surface area contributed by atoms with Crippen LogP contribution in [0.2, 0.25) is 5.02 Å². The lowest BCUT2D eigenvalue weighted by molar-refractivity contribution is 0.497. The van der Waals surface area contributed by atoms with Gasteiger partial charge in [0.25, 0.3) is 0 Å². The van der Waals surface area contributed by atoms with Crippen molar-refractivity contribution in [2.24, 2.45) is 0 Å². The molecular weight excluding hydrogens is 288 g/mol. The van der Waals surface area contributed by atoms with Gasteiger partial charge in [-0.2, -0.15) is 5.10 Å². The predicted octanol–water partition coefficient (Wildman–Crippen LogP) is 2.31. The molecule has 106 valence electrons. The zero-order chi connectivity index (χ0) is 14.4. The van der Waals surface area contributed by atoms with Gasteiger partial charge in [0, 0.05) is 18.1 Å². The van der Waals surface area contributed by atoms with E-state index in [-0.39, 0.29) is 0 Å². The zero-order valence-corrected chi connectivity index (χ0v) is 12.2. The topological polar surface area (TPSA) is 70.6 Å².